The number of nitro groups is 1. The number of H-pyrrole nitrogens is 1. The minimum atomic E-state index is -5.22. The second-order valence-corrected chi connectivity index (χ2v) is 7.13. The Kier molecular flexibility index (Phi) is 6.95. The quantitative estimate of drug-likeness (QED) is 0.174. The van der Waals surface area contributed by atoms with E-state index in [9.17, 15) is 33.0 Å². The summed E-state index contributed by atoms with van der Waals surface area (Å²) in [5.74, 6) is -1.11. The molecule has 0 aliphatic carbocycles. The molecule has 2 N–H and O–H groups in total. The number of non-ortho nitro benzene ring substituents is 1. The Hall–Kier alpha value is -2.84. The van der Waals surface area contributed by atoms with Crippen LogP contribution in [0.3, 0.4) is 0 Å². The number of nitrogens with one attached hydrogen (secondary N) is 1. The minimum absolute atomic E-state index is 0. The van der Waals surface area contributed by atoms with Gasteiger partial charge >= 0.3 is 29.6 Å². The molecule has 2 aromatic carbocycles. The van der Waals surface area contributed by atoms with E-state index in [-0.39, 0.29) is 35.2 Å². The summed E-state index contributed by atoms with van der Waals surface area (Å²) < 4.78 is 34.9. The number of phenols is 1. The first-order chi connectivity index (χ1) is 13.6. The Labute approximate surface area is 191 Å². The summed E-state index contributed by atoms with van der Waals surface area (Å²) in [6, 6.07) is 9.66. The monoisotopic (exact) mass is 441 g/mol. The molecular formula is C16H12N5NaO7S. The van der Waals surface area contributed by atoms with Crippen molar-refractivity contribution in [1.82, 2.24) is 9.78 Å². The van der Waals surface area contributed by atoms with Gasteiger partial charge in [0, 0.05) is 12.1 Å². The normalized spacial score (nSPS) is 11.4. The van der Waals surface area contributed by atoms with Crippen LogP contribution in [0.4, 0.5) is 17.1 Å². The van der Waals surface area contributed by atoms with Crippen LogP contribution in [0.25, 0.3) is 5.69 Å². The van der Waals surface area contributed by atoms with Crippen molar-refractivity contribution in [3.8, 4) is 11.4 Å². The zero-order valence-corrected chi connectivity index (χ0v) is 18.5. The van der Waals surface area contributed by atoms with Crippen LogP contribution < -0.4 is 35.1 Å². The number of para-hydroxylation sites is 1. The molecule has 0 aliphatic rings. The van der Waals surface area contributed by atoms with Crippen molar-refractivity contribution in [3.63, 3.8) is 0 Å². The number of phenolic OH excluding ortho intramolecular Hbond substituents is 1. The molecule has 1 aromatic heterocycles. The number of rotatable bonds is 5. The van der Waals surface area contributed by atoms with Gasteiger partial charge in [0.1, 0.15) is 20.7 Å². The molecule has 0 radical (unpaired) electrons. The average Bonchev–Trinajstić information content (AvgIpc) is 2.94. The van der Waals surface area contributed by atoms with Gasteiger partial charge in [0.15, 0.2) is 11.4 Å². The van der Waals surface area contributed by atoms with E-state index in [1.54, 1.807) is 30.3 Å². The molecule has 14 heteroatoms. The van der Waals surface area contributed by atoms with Crippen LogP contribution in [0.15, 0.2) is 62.4 Å². The van der Waals surface area contributed by atoms with Crippen LogP contribution in [-0.2, 0) is 10.1 Å². The van der Waals surface area contributed by atoms with Crippen LogP contribution in [0.2, 0.25) is 0 Å². The van der Waals surface area contributed by atoms with Crippen molar-refractivity contribution >= 4 is 27.2 Å². The zero-order valence-electron chi connectivity index (χ0n) is 15.6. The van der Waals surface area contributed by atoms with Gasteiger partial charge in [0.2, 0.25) is 0 Å². The Morgan fingerprint density at radius 2 is 1.80 bits per heavy atom. The number of nitrogens with zero attached hydrogens (tertiary/aromatic N) is 4. The van der Waals surface area contributed by atoms with Gasteiger partial charge in [-0.25, -0.2) is 13.1 Å². The molecule has 3 aromatic rings. The molecule has 0 spiro atoms. The topological polar surface area (TPSA) is 183 Å². The fraction of sp³-hybridized carbons (Fsp3) is 0.0625. The van der Waals surface area contributed by atoms with Gasteiger partial charge in [0.05, 0.1) is 16.3 Å². The number of aryl methyl sites for hydroxylation is 1. The van der Waals surface area contributed by atoms with Crippen LogP contribution in [0.1, 0.15) is 5.69 Å². The molecule has 30 heavy (non-hydrogen) atoms. The van der Waals surface area contributed by atoms with E-state index in [1.807, 2.05) is 0 Å². The Morgan fingerprint density at radius 1 is 1.17 bits per heavy atom. The van der Waals surface area contributed by atoms with Gasteiger partial charge in [-0.15, -0.1) is 10.2 Å². The third-order valence-corrected chi connectivity index (χ3v) is 4.68. The smallest absolute Gasteiger partial charge is 0.744 e. The number of aromatic nitrogens is 2. The molecule has 0 aliphatic heterocycles. The standard InChI is InChI=1S/C16H13N5O7S.Na/c1-9-14(16(23)20(19-9)10-5-3-2-4-6-10)18-17-12-7-11(21(24)25)8-13(15(12)22)29(26,27)28;/h2-8,19,22H,1H3,(H,26,27,28);/q;+1/p-1. The fourth-order valence-electron chi connectivity index (χ4n) is 2.47. The van der Waals surface area contributed by atoms with Crippen molar-refractivity contribution in [1.29, 1.82) is 0 Å². The van der Waals surface area contributed by atoms with E-state index in [0.717, 1.165) is 6.07 Å². The number of hydrogen-bond donors (Lipinski definition) is 2. The molecule has 0 bridgehead atoms. The molecule has 150 valence electrons. The number of azo groups is 1. The van der Waals surface area contributed by atoms with Crippen molar-refractivity contribution < 1.29 is 52.6 Å². The van der Waals surface area contributed by atoms with Crippen LogP contribution in [0.5, 0.6) is 5.75 Å². The molecule has 1 heterocycles. The number of benzene rings is 2. The third-order valence-electron chi connectivity index (χ3n) is 3.83. The predicted molar refractivity (Wildman–Crippen MR) is 98.0 cm³/mol. The van der Waals surface area contributed by atoms with Crippen molar-refractivity contribution in [2.24, 2.45) is 10.2 Å². The van der Waals surface area contributed by atoms with Crippen LogP contribution in [-0.4, -0.2) is 32.8 Å². The molecule has 0 saturated heterocycles. The number of aromatic amines is 1. The van der Waals surface area contributed by atoms with E-state index in [1.165, 1.54) is 11.6 Å². The van der Waals surface area contributed by atoms with E-state index in [2.05, 4.69) is 15.3 Å². The van der Waals surface area contributed by atoms with Gasteiger partial charge in [-0.2, -0.15) is 0 Å². The van der Waals surface area contributed by atoms with Crippen molar-refractivity contribution in [2.75, 3.05) is 0 Å². The van der Waals surface area contributed by atoms with E-state index >= 15 is 0 Å². The summed E-state index contributed by atoms with van der Waals surface area (Å²) in [6.45, 7) is 1.52. The molecular weight excluding hydrogens is 429 g/mol. The first-order valence-corrected chi connectivity index (χ1v) is 9.26. The number of hydrogen-bond acceptors (Lipinski definition) is 9. The van der Waals surface area contributed by atoms with E-state index < -0.39 is 42.6 Å². The van der Waals surface area contributed by atoms with Gasteiger partial charge in [-0.3, -0.25) is 20.0 Å². The summed E-state index contributed by atoms with van der Waals surface area (Å²) in [5.41, 5.74) is -1.41. The van der Waals surface area contributed by atoms with E-state index in [0.29, 0.717) is 17.4 Å². The molecule has 0 fully saturated rings. The molecule has 0 atom stereocenters. The summed E-state index contributed by atoms with van der Waals surface area (Å²) >= 11 is 0. The molecule has 12 nitrogen and oxygen atoms in total. The zero-order chi connectivity index (χ0) is 21.3. The van der Waals surface area contributed by atoms with Crippen molar-refractivity contribution in [2.45, 2.75) is 11.8 Å². The molecule has 0 saturated carbocycles. The molecule has 3 rings (SSSR count). The first kappa shape index (κ1) is 23.4. The van der Waals surface area contributed by atoms with Crippen LogP contribution in [0, 0.1) is 17.0 Å². The average molecular weight is 441 g/mol. The Balaban J connectivity index is 0.00000320. The summed E-state index contributed by atoms with van der Waals surface area (Å²) in [7, 11) is -5.22. The predicted octanol–water partition coefficient (Wildman–Crippen LogP) is -0.589. The number of aromatic hydroxyl groups is 1. The van der Waals surface area contributed by atoms with Gasteiger partial charge < -0.3 is 9.66 Å². The maximum absolute atomic E-state index is 12.6. The summed E-state index contributed by atoms with van der Waals surface area (Å²) in [4.78, 5) is 21.4. The Bertz CT molecular complexity index is 1300. The first-order valence-electron chi connectivity index (χ1n) is 7.85. The second-order valence-electron chi connectivity index (χ2n) is 5.78. The Morgan fingerprint density at radius 3 is 2.37 bits per heavy atom. The van der Waals surface area contributed by atoms with Crippen LogP contribution >= 0.6 is 0 Å². The van der Waals surface area contributed by atoms with E-state index in [4.69, 9.17) is 0 Å². The SMILES string of the molecule is Cc1[nH]n(-c2ccccc2)c(=O)c1N=Nc1cc([N+](=O)[O-])cc(S(=O)(=O)[O-])c1O.[Na+]. The maximum atomic E-state index is 12.6. The third kappa shape index (κ3) is 4.66. The largest absolute Gasteiger partial charge is 1.00 e. The minimum Gasteiger partial charge on any atom is -0.744 e. The molecule has 0 amide bonds. The second kappa shape index (κ2) is 8.89. The fourth-order valence-corrected chi connectivity index (χ4v) is 3.08. The van der Waals surface area contributed by atoms with Crippen molar-refractivity contribution in [3.05, 3.63) is 68.6 Å². The number of nitro benzene ring substituents is 1. The summed E-state index contributed by atoms with van der Waals surface area (Å²) in [6.07, 6.45) is 0. The van der Waals surface area contributed by atoms with Gasteiger partial charge in [-0.05, 0) is 19.1 Å². The maximum Gasteiger partial charge on any atom is 1.00 e. The van der Waals surface area contributed by atoms with Gasteiger partial charge in [0.25, 0.3) is 11.2 Å². The summed E-state index contributed by atoms with van der Waals surface area (Å²) in [5, 5.41) is 31.0. The molecule has 0 unspecified atom stereocenters. The van der Waals surface area contributed by atoms with Gasteiger partial charge in [-0.1, -0.05) is 18.2 Å².